The van der Waals surface area contributed by atoms with Crippen LogP contribution < -0.4 is 10.6 Å². The maximum Gasteiger partial charge on any atom is 0.263 e. The molecule has 0 saturated carbocycles. The van der Waals surface area contributed by atoms with Crippen molar-refractivity contribution in [3.8, 4) is 0 Å². The van der Waals surface area contributed by atoms with Gasteiger partial charge in [-0.3, -0.25) is 9.69 Å². The first-order chi connectivity index (χ1) is 13.4. The summed E-state index contributed by atoms with van der Waals surface area (Å²) < 4.78 is 11.1. The molecule has 7 nitrogen and oxygen atoms in total. The van der Waals surface area contributed by atoms with E-state index in [0.29, 0.717) is 12.3 Å². The summed E-state index contributed by atoms with van der Waals surface area (Å²) in [6.45, 7) is 9.12. The van der Waals surface area contributed by atoms with Gasteiger partial charge in [0.05, 0.1) is 24.7 Å². The molecule has 158 valence electrons. The Morgan fingerprint density at radius 1 is 1.39 bits per heavy atom. The van der Waals surface area contributed by atoms with Crippen LogP contribution in [0.5, 0.6) is 0 Å². The Labute approximate surface area is 172 Å². The van der Waals surface area contributed by atoms with E-state index in [0.717, 1.165) is 39.4 Å². The molecule has 2 aliphatic rings. The molecule has 28 heavy (non-hydrogen) atoms. The number of hydrogen-bond donors (Lipinski definition) is 3. The lowest BCUT2D eigenvalue weighted by Gasteiger charge is -2.27. The van der Waals surface area contributed by atoms with E-state index >= 15 is 0 Å². The number of nitrogens with one attached hydrogen (secondary N) is 2. The number of aliphatic hydroxyl groups is 1. The monoisotopic (exact) mass is 413 g/mol. The number of ether oxygens (including phenoxy) is 2. The highest BCUT2D eigenvalue weighted by Crippen LogP contribution is 2.18. The molecule has 0 aromatic rings. The number of morpholine rings is 1. The summed E-state index contributed by atoms with van der Waals surface area (Å²) in [4.78, 5) is 14.8. The van der Waals surface area contributed by atoms with Crippen molar-refractivity contribution in [1.82, 2.24) is 15.5 Å². The molecular formula is C20H32ClN3O4. The van der Waals surface area contributed by atoms with Crippen LogP contribution in [0.1, 0.15) is 13.8 Å². The second-order valence-electron chi connectivity index (χ2n) is 7.39. The number of nitrogens with zero attached hydrogens (tertiary/aromatic N) is 1. The molecule has 0 spiro atoms. The van der Waals surface area contributed by atoms with Gasteiger partial charge in [0.2, 0.25) is 0 Å². The second kappa shape index (κ2) is 11.6. The summed E-state index contributed by atoms with van der Waals surface area (Å²) >= 11 is 6.02. The predicted octanol–water partition coefficient (Wildman–Crippen LogP) is 0.798. The van der Waals surface area contributed by atoms with E-state index in [-0.39, 0.29) is 17.8 Å². The van der Waals surface area contributed by atoms with Gasteiger partial charge in [0, 0.05) is 39.3 Å². The topological polar surface area (TPSA) is 83.1 Å². The van der Waals surface area contributed by atoms with Gasteiger partial charge in [0.25, 0.3) is 5.91 Å². The number of amides is 1. The van der Waals surface area contributed by atoms with E-state index in [2.05, 4.69) is 15.5 Å². The summed E-state index contributed by atoms with van der Waals surface area (Å²) in [5, 5.41) is 15.9. The molecule has 1 heterocycles. The Morgan fingerprint density at radius 2 is 2.14 bits per heavy atom. The minimum atomic E-state index is -1.07. The fourth-order valence-corrected chi connectivity index (χ4v) is 2.95. The third-order valence-electron chi connectivity index (χ3n) is 4.51. The van der Waals surface area contributed by atoms with Gasteiger partial charge in [-0.25, -0.2) is 0 Å². The summed E-state index contributed by atoms with van der Waals surface area (Å²) in [5.74, 6) is 0.273. The van der Waals surface area contributed by atoms with E-state index in [4.69, 9.17) is 21.1 Å². The quantitative estimate of drug-likeness (QED) is 0.363. The van der Waals surface area contributed by atoms with E-state index in [1.54, 1.807) is 38.2 Å². The van der Waals surface area contributed by atoms with E-state index in [1.807, 2.05) is 6.08 Å². The minimum absolute atomic E-state index is 0.161. The molecular weight excluding hydrogens is 382 g/mol. The van der Waals surface area contributed by atoms with Crippen molar-refractivity contribution < 1.29 is 19.4 Å². The molecule has 0 bridgehead atoms. The fraction of sp³-hybridized carbons (Fsp3) is 0.650. The number of alkyl halides is 1. The number of hydrogen-bond acceptors (Lipinski definition) is 6. The Kier molecular flexibility index (Phi) is 9.47. The Bertz CT molecular complexity index is 586. The zero-order valence-corrected chi connectivity index (χ0v) is 17.5. The Morgan fingerprint density at radius 3 is 2.89 bits per heavy atom. The van der Waals surface area contributed by atoms with Crippen LogP contribution in [-0.4, -0.2) is 85.5 Å². The Hall–Kier alpha value is -1.38. The molecule has 1 aliphatic heterocycles. The van der Waals surface area contributed by atoms with Gasteiger partial charge >= 0.3 is 0 Å². The van der Waals surface area contributed by atoms with Crippen molar-refractivity contribution in [2.24, 2.45) is 0 Å². The van der Waals surface area contributed by atoms with Crippen molar-refractivity contribution >= 4 is 17.5 Å². The van der Waals surface area contributed by atoms with Gasteiger partial charge in [0.1, 0.15) is 5.76 Å². The van der Waals surface area contributed by atoms with Crippen LogP contribution in [0.25, 0.3) is 0 Å². The van der Waals surface area contributed by atoms with Crippen molar-refractivity contribution in [2.75, 3.05) is 52.5 Å². The lowest BCUT2D eigenvalue weighted by Crippen LogP contribution is -2.48. The second-order valence-corrected chi connectivity index (χ2v) is 7.90. The molecule has 0 aromatic carbocycles. The molecule has 0 aromatic heterocycles. The average molecular weight is 414 g/mol. The summed E-state index contributed by atoms with van der Waals surface area (Å²) in [6.07, 6.45) is 8.26. The highest BCUT2D eigenvalue weighted by Gasteiger charge is 2.30. The van der Waals surface area contributed by atoms with Crippen molar-refractivity contribution in [3.63, 3.8) is 0 Å². The predicted molar refractivity (Wildman–Crippen MR) is 110 cm³/mol. The standard InChI is InChI=1S/C20H32ClN3O4/c1-20(2,28-18-5-3-4-16(21)6-7-18)19(26)23-15-17(25)14-22-8-9-24-10-12-27-13-11-24/h3-7,16-17,22,25H,8-15H2,1-2H3,(H,23,26). The lowest BCUT2D eigenvalue weighted by molar-refractivity contribution is -0.138. The molecule has 1 saturated heterocycles. The van der Waals surface area contributed by atoms with Crippen molar-refractivity contribution in [3.05, 3.63) is 36.1 Å². The minimum Gasteiger partial charge on any atom is -0.478 e. The van der Waals surface area contributed by atoms with Crippen molar-refractivity contribution in [2.45, 2.75) is 30.9 Å². The maximum atomic E-state index is 12.4. The number of rotatable bonds is 10. The molecule has 1 amide bonds. The van der Waals surface area contributed by atoms with Crippen LogP contribution >= 0.6 is 11.6 Å². The number of halogens is 1. The highest BCUT2D eigenvalue weighted by atomic mass is 35.5. The molecule has 2 rings (SSSR count). The number of allylic oxidation sites excluding steroid dienone is 5. The number of carbonyl (C=O) groups is 1. The van der Waals surface area contributed by atoms with E-state index in [9.17, 15) is 9.90 Å². The molecule has 1 aliphatic carbocycles. The van der Waals surface area contributed by atoms with Crippen LogP contribution in [0.3, 0.4) is 0 Å². The van der Waals surface area contributed by atoms with Crippen LogP contribution in [-0.2, 0) is 14.3 Å². The molecule has 8 heteroatoms. The Balaban J connectivity index is 1.64. The van der Waals surface area contributed by atoms with Crippen LogP contribution in [0.15, 0.2) is 36.1 Å². The van der Waals surface area contributed by atoms with Gasteiger partial charge in [-0.1, -0.05) is 18.2 Å². The van der Waals surface area contributed by atoms with Crippen molar-refractivity contribution in [1.29, 1.82) is 0 Å². The van der Waals surface area contributed by atoms with Crippen LogP contribution in [0.2, 0.25) is 0 Å². The SMILES string of the molecule is CC(C)(OC1=CC=CC(Cl)C=C1)C(=O)NCC(O)CNCCN1CCOCC1. The summed E-state index contributed by atoms with van der Waals surface area (Å²) in [5.41, 5.74) is -1.07. The smallest absolute Gasteiger partial charge is 0.263 e. The highest BCUT2D eigenvalue weighted by molar-refractivity contribution is 6.23. The maximum absolute atomic E-state index is 12.4. The zero-order chi connectivity index (χ0) is 20.4. The lowest BCUT2D eigenvalue weighted by atomic mass is 10.1. The van der Waals surface area contributed by atoms with Crippen LogP contribution in [0.4, 0.5) is 0 Å². The summed E-state index contributed by atoms with van der Waals surface area (Å²) in [6, 6.07) is 0. The van der Waals surface area contributed by atoms with Gasteiger partial charge < -0.3 is 25.2 Å². The molecule has 0 radical (unpaired) electrons. The van der Waals surface area contributed by atoms with Crippen LogP contribution in [0, 0.1) is 0 Å². The van der Waals surface area contributed by atoms with Gasteiger partial charge in [0.15, 0.2) is 5.60 Å². The first-order valence-corrected chi connectivity index (χ1v) is 10.2. The molecule has 2 unspecified atom stereocenters. The van der Waals surface area contributed by atoms with E-state index < -0.39 is 11.7 Å². The molecule has 2 atom stereocenters. The van der Waals surface area contributed by atoms with E-state index in [1.165, 1.54) is 0 Å². The van der Waals surface area contributed by atoms with Gasteiger partial charge in [-0.2, -0.15) is 0 Å². The molecule has 3 N–H and O–H groups in total. The normalized spacial score (nSPS) is 21.7. The third-order valence-corrected chi connectivity index (χ3v) is 4.80. The molecule has 1 fully saturated rings. The van der Waals surface area contributed by atoms with Gasteiger partial charge in [-0.15, -0.1) is 11.6 Å². The fourth-order valence-electron chi connectivity index (χ4n) is 2.80. The number of carbonyl (C=O) groups excluding carboxylic acids is 1. The largest absolute Gasteiger partial charge is 0.478 e. The first kappa shape index (κ1) is 22.9. The average Bonchev–Trinajstić information content (AvgIpc) is 2.87. The number of aliphatic hydroxyl groups excluding tert-OH is 1. The van der Waals surface area contributed by atoms with Gasteiger partial charge in [-0.05, 0) is 26.0 Å². The first-order valence-electron chi connectivity index (χ1n) is 9.74. The third kappa shape index (κ3) is 8.32. The zero-order valence-electron chi connectivity index (χ0n) is 16.7. The summed E-state index contributed by atoms with van der Waals surface area (Å²) in [7, 11) is 0.